The van der Waals surface area contributed by atoms with Crippen LogP contribution in [0.2, 0.25) is 5.02 Å². The van der Waals surface area contributed by atoms with Crippen molar-refractivity contribution in [2.75, 3.05) is 20.2 Å². The summed E-state index contributed by atoms with van der Waals surface area (Å²) in [5, 5.41) is 11.9. The zero-order valence-electron chi connectivity index (χ0n) is 17.2. The molecule has 158 valence electrons. The second-order valence-corrected chi connectivity index (χ2v) is 7.43. The van der Waals surface area contributed by atoms with Gasteiger partial charge in [-0.1, -0.05) is 23.7 Å². The predicted molar refractivity (Wildman–Crippen MR) is 114 cm³/mol. The van der Waals surface area contributed by atoms with E-state index in [9.17, 15) is 0 Å². The molecule has 0 fully saturated rings. The molecule has 2 N–H and O–H groups in total. The summed E-state index contributed by atoms with van der Waals surface area (Å²) in [4.78, 5) is 9.21. The van der Waals surface area contributed by atoms with Crippen LogP contribution < -0.4 is 15.4 Å². The van der Waals surface area contributed by atoms with Crippen LogP contribution in [0.15, 0.2) is 29.3 Å². The van der Waals surface area contributed by atoms with Gasteiger partial charge in [-0.25, -0.2) is 14.7 Å². The zero-order chi connectivity index (χ0) is 20.6. The highest BCUT2D eigenvalue weighted by atomic mass is 35.5. The fourth-order valence-electron chi connectivity index (χ4n) is 3.20. The first-order valence-corrected chi connectivity index (χ1v) is 10.3. The maximum Gasteiger partial charge on any atom is 0.191 e. The minimum absolute atomic E-state index is 0.102. The Morgan fingerprint density at radius 3 is 3.00 bits per heavy atom. The maximum atomic E-state index is 6.17. The summed E-state index contributed by atoms with van der Waals surface area (Å²) in [7, 11) is 1.65. The number of aryl methyl sites for hydroxylation is 1. The molecule has 29 heavy (non-hydrogen) atoms. The number of guanidine groups is 1. The summed E-state index contributed by atoms with van der Waals surface area (Å²) >= 11 is 6.17. The van der Waals surface area contributed by atoms with Crippen LogP contribution in [0.1, 0.15) is 31.9 Å². The van der Waals surface area contributed by atoms with Gasteiger partial charge in [-0.2, -0.15) is 5.10 Å². The number of methoxy groups -OCH3 is 1. The van der Waals surface area contributed by atoms with Crippen LogP contribution in [0.4, 0.5) is 0 Å². The van der Waals surface area contributed by atoms with Crippen LogP contribution in [0.3, 0.4) is 0 Å². The van der Waals surface area contributed by atoms with Crippen molar-refractivity contribution in [3.05, 3.63) is 40.9 Å². The van der Waals surface area contributed by atoms with E-state index in [2.05, 4.69) is 25.7 Å². The van der Waals surface area contributed by atoms with Crippen molar-refractivity contribution in [2.45, 2.75) is 52.0 Å². The van der Waals surface area contributed by atoms with Crippen molar-refractivity contribution in [1.29, 1.82) is 0 Å². The van der Waals surface area contributed by atoms with Crippen LogP contribution in [-0.2, 0) is 24.3 Å². The Bertz CT molecular complexity index is 825. The number of nitrogens with zero attached hydrogens (tertiary/aromatic N) is 4. The van der Waals surface area contributed by atoms with Crippen molar-refractivity contribution in [3.8, 4) is 5.75 Å². The molecule has 1 aliphatic rings. The lowest BCUT2D eigenvalue weighted by atomic mass is 10.1. The molecule has 0 amide bonds. The number of nitrogens with one attached hydrogen (secondary N) is 2. The lowest BCUT2D eigenvalue weighted by molar-refractivity contribution is 0.177. The molecule has 8 nitrogen and oxygen atoms in total. The molecule has 1 aromatic heterocycles. The van der Waals surface area contributed by atoms with Crippen molar-refractivity contribution >= 4 is 17.6 Å². The van der Waals surface area contributed by atoms with Gasteiger partial charge < -0.3 is 20.1 Å². The molecule has 0 bridgehead atoms. The van der Waals surface area contributed by atoms with Gasteiger partial charge in [0.15, 0.2) is 11.8 Å². The number of benzene rings is 1. The molecule has 0 saturated heterocycles. The van der Waals surface area contributed by atoms with E-state index in [1.54, 1.807) is 7.11 Å². The van der Waals surface area contributed by atoms with E-state index in [1.807, 2.05) is 42.8 Å². The summed E-state index contributed by atoms with van der Waals surface area (Å²) in [5.74, 6) is 3.19. The van der Waals surface area contributed by atoms with Crippen LogP contribution in [0.25, 0.3) is 0 Å². The Balaban J connectivity index is 1.57. The van der Waals surface area contributed by atoms with Crippen LogP contribution in [0.5, 0.6) is 5.75 Å². The van der Waals surface area contributed by atoms with Crippen LogP contribution >= 0.6 is 11.6 Å². The number of aliphatic imine (C=N–C) groups is 1. The Hall–Kier alpha value is -2.32. The third-order valence-electron chi connectivity index (χ3n) is 4.53. The number of halogens is 1. The quantitative estimate of drug-likeness (QED) is 0.504. The lowest BCUT2D eigenvalue weighted by Gasteiger charge is -2.25. The summed E-state index contributed by atoms with van der Waals surface area (Å²) in [6, 6.07) is 7.70. The minimum atomic E-state index is -0.102. The van der Waals surface area contributed by atoms with Crippen molar-refractivity contribution in [2.24, 2.45) is 4.99 Å². The second-order valence-electron chi connectivity index (χ2n) is 7.02. The number of ether oxygens (including phenoxy) is 2. The minimum Gasteiger partial charge on any atom is -0.487 e. The fourth-order valence-corrected chi connectivity index (χ4v) is 3.38. The molecule has 0 spiro atoms. The first-order chi connectivity index (χ1) is 14.1. The van der Waals surface area contributed by atoms with Crippen molar-refractivity contribution in [3.63, 3.8) is 0 Å². The van der Waals surface area contributed by atoms with Crippen molar-refractivity contribution in [1.82, 2.24) is 25.4 Å². The molecule has 2 aromatic rings. The number of hydrogen-bond acceptors (Lipinski definition) is 5. The zero-order valence-corrected chi connectivity index (χ0v) is 17.9. The standard InChI is InChI=1S/C20H29ClN6O2/c1-4-22-20(23-11-14(2)29-17-8-6-5-7-16(17)21)24-15-9-10-19-25-18(13-28-3)26-27(19)12-15/h5-8,14-15H,4,9-13H2,1-3H3,(H2,22,23,24). The predicted octanol–water partition coefficient (Wildman–Crippen LogP) is 2.42. The van der Waals surface area contributed by atoms with E-state index in [-0.39, 0.29) is 12.1 Å². The molecule has 0 aliphatic carbocycles. The topological polar surface area (TPSA) is 85.6 Å². The molecule has 0 saturated carbocycles. The van der Waals surface area contributed by atoms with Gasteiger partial charge in [0.25, 0.3) is 0 Å². The number of rotatable bonds is 8. The van der Waals surface area contributed by atoms with Gasteiger partial charge in [-0.05, 0) is 32.4 Å². The van der Waals surface area contributed by atoms with Crippen LogP contribution in [-0.4, -0.2) is 53.1 Å². The molecule has 2 unspecified atom stereocenters. The van der Waals surface area contributed by atoms with Gasteiger partial charge >= 0.3 is 0 Å². The largest absolute Gasteiger partial charge is 0.487 e. The Morgan fingerprint density at radius 2 is 2.24 bits per heavy atom. The Kier molecular flexibility index (Phi) is 7.71. The van der Waals surface area contributed by atoms with E-state index < -0.39 is 0 Å². The monoisotopic (exact) mass is 420 g/mol. The van der Waals surface area contributed by atoms with E-state index in [0.717, 1.165) is 43.5 Å². The molecule has 2 atom stereocenters. The second kappa shape index (κ2) is 10.5. The highest BCUT2D eigenvalue weighted by Crippen LogP contribution is 2.24. The third kappa shape index (κ3) is 6.08. The third-order valence-corrected chi connectivity index (χ3v) is 4.84. The average molecular weight is 421 g/mol. The average Bonchev–Trinajstić information content (AvgIpc) is 3.10. The summed E-state index contributed by atoms with van der Waals surface area (Å²) < 4.78 is 13.0. The molecule has 9 heteroatoms. The van der Waals surface area contributed by atoms with Crippen LogP contribution in [0, 0.1) is 0 Å². The molecular formula is C20H29ClN6O2. The fraction of sp³-hybridized carbons (Fsp3) is 0.550. The number of fused-ring (bicyclic) bond motifs is 1. The lowest BCUT2D eigenvalue weighted by Crippen LogP contribution is -2.47. The molecule has 2 heterocycles. The Morgan fingerprint density at radius 1 is 1.41 bits per heavy atom. The smallest absolute Gasteiger partial charge is 0.191 e. The van der Waals surface area contributed by atoms with Gasteiger partial charge in [0.1, 0.15) is 24.3 Å². The first kappa shape index (κ1) is 21.4. The van der Waals surface area contributed by atoms with E-state index >= 15 is 0 Å². The summed E-state index contributed by atoms with van der Waals surface area (Å²) in [6.07, 6.45) is 1.75. The highest BCUT2D eigenvalue weighted by molar-refractivity contribution is 6.32. The molecule has 0 radical (unpaired) electrons. The number of hydrogen-bond donors (Lipinski definition) is 2. The SMILES string of the molecule is CCNC(=NCC(C)Oc1ccccc1Cl)NC1CCc2nc(COC)nn2C1. The summed E-state index contributed by atoms with van der Waals surface area (Å²) in [5.41, 5.74) is 0. The number of para-hydroxylation sites is 1. The molecule has 1 aliphatic heterocycles. The van der Waals surface area contributed by atoms with Gasteiger partial charge in [0.2, 0.25) is 0 Å². The molecular weight excluding hydrogens is 392 g/mol. The van der Waals surface area contributed by atoms with Gasteiger partial charge in [-0.15, -0.1) is 0 Å². The summed E-state index contributed by atoms with van der Waals surface area (Å²) in [6.45, 7) is 6.52. The number of aromatic nitrogens is 3. The normalized spacial score (nSPS) is 17.5. The van der Waals surface area contributed by atoms with Gasteiger partial charge in [0, 0.05) is 26.1 Å². The maximum absolute atomic E-state index is 6.17. The molecule has 3 rings (SSSR count). The first-order valence-electron chi connectivity index (χ1n) is 9.96. The highest BCUT2D eigenvalue weighted by Gasteiger charge is 2.22. The van der Waals surface area contributed by atoms with Gasteiger partial charge in [-0.3, -0.25) is 0 Å². The molecule has 1 aromatic carbocycles. The van der Waals surface area contributed by atoms with Crippen molar-refractivity contribution < 1.29 is 9.47 Å². The van der Waals surface area contributed by atoms with E-state index in [1.165, 1.54) is 0 Å². The van der Waals surface area contributed by atoms with E-state index in [0.29, 0.717) is 23.9 Å². The Labute approximate surface area is 176 Å². The van der Waals surface area contributed by atoms with Gasteiger partial charge in [0.05, 0.1) is 18.1 Å². The van der Waals surface area contributed by atoms with E-state index in [4.69, 9.17) is 21.1 Å².